The van der Waals surface area contributed by atoms with Gasteiger partial charge in [0, 0.05) is 24.8 Å². The van der Waals surface area contributed by atoms with Gasteiger partial charge in [-0.3, -0.25) is 4.68 Å². The van der Waals surface area contributed by atoms with Gasteiger partial charge < -0.3 is 5.32 Å². The SMILES string of the molecule is FCCn1cc(CNCc2ccccc2)cn1. The first kappa shape index (κ1) is 11.8. The van der Waals surface area contributed by atoms with Crippen LogP contribution >= 0.6 is 0 Å². The van der Waals surface area contributed by atoms with Gasteiger partial charge in [0.1, 0.15) is 6.67 Å². The third kappa shape index (κ3) is 3.67. The van der Waals surface area contributed by atoms with Crippen LogP contribution in [0.2, 0.25) is 0 Å². The van der Waals surface area contributed by atoms with Crippen LogP contribution in [0, 0.1) is 0 Å². The molecule has 0 aliphatic heterocycles. The van der Waals surface area contributed by atoms with Gasteiger partial charge in [-0.1, -0.05) is 30.3 Å². The third-order valence-electron chi connectivity index (χ3n) is 2.50. The zero-order valence-corrected chi connectivity index (χ0v) is 9.64. The monoisotopic (exact) mass is 233 g/mol. The van der Waals surface area contributed by atoms with E-state index in [1.807, 2.05) is 24.4 Å². The Kier molecular flexibility index (Phi) is 4.27. The van der Waals surface area contributed by atoms with Crippen LogP contribution in [0.4, 0.5) is 4.39 Å². The Labute approximate surface area is 100 Å². The molecular formula is C13H16FN3. The first-order valence-corrected chi connectivity index (χ1v) is 5.70. The van der Waals surface area contributed by atoms with Gasteiger partial charge in [-0.05, 0) is 5.56 Å². The van der Waals surface area contributed by atoms with Crippen LogP contribution in [-0.4, -0.2) is 16.5 Å². The fraction of sp³-hybridized carbons (Fsp3) is 0.308. The molecule has 17 heavy (non-hydrogen) atoms. The predicted molar refractivity (Wildman–Crippen MR) is 65.2 cm³/mol. The summed E-state index contributed by atoms with van der Waals surface area (Å²) in [5.41, 5.74) is 2.33. The number of rotatable bonds is 6. The van der Waals surface area contributed by atoms with E-state index in [2.05, 4.69) is 22.5 Å². The number of aryl methyl sites for hydroxylation is 1. The van der Waals surface area contributed by atoms with Gasteiger partial charge in [-0.15, -0.1) is 0 Å². The number of alkyl halides is 1. The second-order valence-electron chi connectivity index (χ2n) is 3.89. The Balaban J connectivity index is 1.78. The van der Waals surface area contributed by atoms with Crippen LogP contribution < -0.4 is 5.32 Å². The molecule has 0 saturated heterocycles. The summed E-state index contributed by atoms with van der Waals surface area (Å²) in [7, 11) is 0. The van der Waals surface area contributed by atoms with Crippen molar-refractivity contribution in [2.24, 2.45) is 0 Å². The highest BCUT2D eigenvalue weighted by molar-refractivity contribution is 5.14. The molecule has 90 valence electrons. The van der Waals surface area contributed by atoms with Gasteiger partial charge in [0.2, 0.25) is 0 Å². The van der Waals surface area contributed by atoms with Gasteiger partial charge in [0.05, 0.1) is 12.7 Å². The van der Waals surface area contributed by atoms with Crippen LogP contribution in [0.3, 0.4) is 0 Å². The maximum absolute atomic E-state index is 12.1. The van der Waals surface area contributed by atoms with Crippen LogP contribution in [0.25, 0.3) is 0 Å². The second kappa shape index (κ2) is 6.15. The van der Waals surface area contributed by atoms with Crippen molar-refractivity contribution in [1.29, 1.82) is 0 Å². The molecule has 2 aromatic rings. The van der Waals surface area contributed by atoms with Crippen molar-refractivity contribution in [2.45, 2.75) is 19.6 Å². The zero-order chi connectivity index (χ0) is 11.9. The number of benzene rings is 1. The number of nitrogens with zero attached hydrogens (tertiary/aromatic N) is 2. The van der Waals surface area contributed by atoms with Crippen LogP contribution in [-0.2, 0) is 19.6 Å². The topological polar surface area (TPSA) is 29.9 Å². The largest absolute Gasteiger partial charge is 0.309 e. The maximum Gasteiger partial charge on any atom is 0.109 e. The van der Waals surface area contributed by atoms with E-state index < -0.39 is 0 Å². The summed E-state index contributed by atoms with van der Waals surface area (Å²) < 4.78 is 13.7. The average molecular weight is 233 g/mol. The molecule has 0 aliphatic carbocycles. The summed E-state index contributed by atoms with van der Waals surface area (Å²) in [6.45, 7) is 1.54. The summed E-state index contributed by atoms with van der Waals surface area (Å²) >= 11 is 0. The van der Waals surface area contributed by atoms with Gasteiger partial charge in [-0.2, -0.15) is 5.10 Å². The summed E-state index contributed by atoms with van der Waals surface area (Å²) in [4.78, 5) is 0. The lowest BCUT2D eigenvalue weighted by molar-refractivity contribution is 0.427. The van der Waals surface area contributed by atoms with Crippen LogP contribution in [0.5, 0.6) is 0 Å². The number of aromatic nitrogens is 2. The highest BCUT2D eigenvalue weighted by Crippen LogP contribution is 2.00. The average Bonchev–Trinajstić information content (AvgIpc) is 2.79. The Morgan fingerprint density at radius 3 is 2.65 bits per heavy atom. The van der Waals surface area contributed by atoms with Crippen molar-refractivity contribution in [3.8, 4) is 0 Å². The fourth-order valence-electron chi connectivity index (χ4n) is 1.65. The summed E-state index contributed by atoms with van der Waals surface area (Å²) in [6.07, 6.45) is 3.64. The van der Waals surface area contributed by atoms with Crippen LogP contribution in [0.15, 0.2) is 42.7 Å². The zero-order valence-electron chi connectivity index (χ0n) is 9.64. The molecule has 1 heterocycles. The third-order valence-corrected chi connectivity index (χ3v) is 2.50. The molecule has 0 radical (unpaired) electrons. The van der Waals surface area contributed by atoms with Crippen molar-refractivity contribution >= 4 is 0 Å². The Bertz CT molecular complexity index is 439. The number of halogens is 1. The molecule has 0 bridgehead atoms. The smallest absolute Gasteiger partial charge is 0.109 e. The molecule has 4 heteroatoms. The van der Waals surface area contributed by atoms with Crippen molar-refractivity contribution < 1.29 is 4.39 Å². The van der Waals surface area contributed by atoms with Crippen molar-refractivity contribution in [3.63, 3.8) is 0 Å². The quantitative estimate of drug-likeness (QED) is 0.828. The van der Waals surface area contributed by atoms with E-state index in [4.69, 9.17) is 0 Å². The van der Waals surface area contributed by atoms with E-state index in [-0.39, 0.29) is 6.67 Å². The standard InChI is InChI=1S/C13H16FN3/c14-6-7-17-11-13(10-16-17)9-15-8-12-4-2-1-3-5-12/h1-5,10-11,15H,6-9H2. The highest BCUT2D eigenvalue weighted by Gasteiger charge is 1.98. The summed E-state index contributed by atoms with van der Waals surface area (Å²) in [6, 6.07) is 10.2. The van der Waals surface area contributed by atoms with E-state index in [1.165, 1.54) is 5.56 Å². The van der Waals surface area contributed by atoms with E-state index in [0.717, 1.165) is 18.7 Å². The first-order valence-electron chi connectivity index (χ1n) is 5.70. The van der Waals surface area contributed by atoms with E-state index >= 15 is 0 Å². The van der Waals surface area contributed by atoms with E-state index in [0.29, 0.717) is 6.54 Å². The van der Waals surface area contributed by atoms with E-state index in [1.54, 1.807) is 10.9 Å². The molecule has 1 aromatic carbocycles. The molecule has 1 N–H and O–H groups in total. The maximum atomic E-state index is 12.1. The Hall–Kier alpha value is -1.68. The number of nitrogens with one attached hydrogen (secondary N) is 1. The molecule has 0 fully saturated rings. The molecule has 2 rings (SSSR count). The lowest BCUT2D eigenvalue weighted by atomic mass is 10.2. The van der Waals surface area contributed by atoms with Gasteiger partial charge in [-0.25, -0.2) is 4.39 Å². The minimum absolute atomic E-state index is 0.332. The van der Waals surface area contributed by atoms with Crippen LogP contribution in [0.1, 0.15) is 11.1 Å². The lowest BCUT2D eigenvalue weighted by Gasteiger charge is -2.02. The molecule has 0 unspecified atom stereocenters. The highest BCUT2D eigenvalue weighted by atomic mass is 19.1. The summed E-state index contributed by atoms with van der Waals surface area (Å²) in [5.74, 6) is 0. The normalized spacial score (nSPS) is 10.6. The molecular weight excluding hydrogens is 217 g/mol. The van der Waals surface area contributed by atoms with Crippen molar-refractivity contribution in [1.82, 2.24) is 15.1 Å². The Morgan fingerprint density at radius 2 is 1.88 bits per heavy atom. The summed E-state index contributed by atoms with van der Waals surface area (Å²) in [5, 5.41) is 7.39. The molecule has 0 spiro atoms. The molecule has 0 aliphatic rings. The minimum Gasteiger partial charge on any atom is -0.309 e. The molecule has 0 saturated carbocycles. The van der Waals surface area contributed by atoms with Gasteiger partial charge in [0.25, 0.3) is 0 Å². The predicted octanol–water partition coefficient (Wildman–Crippen LogP) is 2.14. The minimum atomic E-state index is -0.376. The second-order valence-corrected chi connectivity index (χ2v) is 3.89. The lowest BCUT2D eigenvalue weighted by Crippen LogP contribution is -2.12. The van der Waals surface area contributed by atoms with Gasteiger partial charge in [0.15, 0.2) is 0 Å². The number of hydrogen-bond donors (Lipinski definition) is 1. The van der Waals surface area contributed by atoms with E-state index in [9.17, 15) is 4.39 Å². The number of hydrogen-bond acceptors (Lipinski definition) is 2. The fourth-order valence-corrected chi connectivity index (χ4v) is 1.65. The Morgan fingerprint density at radius 1 is 1.12 bits per heavy atom. The molecule has 0 atom stereocenters. The molecule has 3 nitrogen and oxygen atoms in total. The van der Waals surface area contributed by atoms with Crippen molar-refractivity contribution in [3.05, 3.63) is 53.9 Å². The molecule has 1 aromatic heterocycles. The molecule has 0 amide bonds. The first-order chi connectivity index (χ1) is 8.38. The van der Waals surface area contributed by atoms with Crippen molar-refractivity contribution in [2.75, 3.05) is 6.67 Å². The van der Waals surface area contributed by atoms with Gasteiger partial charge >= 0.3 is 0 Å².